The highest BCUT2D eigenvalue weighted by Gasteiger charge is 2.27. The average Bonchev–Trinajstić information content (AvgIpc) is 3.28. The molecule has 2 heterocycles. The predicted octanol–water partition coefficient (Wildman–Crippen LogP) is 4.13. The number of para-hydroxylation sites is 1. The monoisotopic (exact) mass is 406 g/mol. The van der Waals surface area contributed by atoms with Gasteiger partial charge in [0.25, 0.3) is 5.69 Å². The Morgan fingerprint density at radius 1 is 1.10 bits per heavy atom. The van der Waals surface area contributed by atoms with Gasteiger partial charge in [-0.15, -0.1) is 11.3 Å². The molecule has 0 saturated carbocycles. The number of benzene rings is 2. The Hall–Kier alpha value is -3.72. The van der Waals surface area contributed by atoms with E-state index in [2.05, 4.69) is 10.1 Å². The molecule has 0 fully saturated rings. The van der Waals surface area contributed by atoms with Crippen LogP contribution < -0.4 is 0 Å². The number of Topliss-reactive ketones (excluding diaryl/α,β-unsaturated/α-hetero) is 1. The number of nitro benzene ring substituents is 1. The van der Waals surface area contributed by atoms with E-state index in [1.807, 2.05) is 24.3 Å². The van der Waals surface area contributed by atoms with Crippen molar-refractivity contribution < 1.29 is 14.5 Å². The summed E-state index contributed by atoms with van der Waals surface area (Å²) in [6.07, 6.45) is 0. The smallest absolute Gasteiger partial charge is 0.269 e. The van der Waals surface area contributed by atoms with E-state index in [0.717, 1.165) is 4.70 Å². The molecule has 9 heteroatoms. The topological polar surface area (TPSA) is 108 Å². The first-order valence-electron chi connectivity index (χ1n) is 8.62. The fourth-order valence-electron chi connectivity index (χ4n) is 3.12. The lowest BCUT2D eigenvalue weighted by Crippen LogP contribution is -2.08. The number of nitrogens with zero attached hydrogens (tertiary/aromatic N) is 4. The third-order valence-corrected chi connectivity index (χ3v) is 5.51. The van der Waals surface area contributed by atoms with Crippen LogP contribution in [0.25, 0.3) is 15.9 Å². The standard InChI is InChI=1S/C20H14N4O4S/c1-11-17(12(2)25)18(19(26)20-21-15-5-3-4-6-16(15)29-20)22-23(11)13-7-9-14(10-8-13)24(27)28/h3-10H,1-2H3. The van der Waals surface area contributed by atoms with E-state index in [1.54, 1.807) is 6.92 Å². The Kier molecular flexibility index (Phi) is 4.51. The number of carbonyl (C=O) groups excluding carboxylic acids is 2. The van der Waals surface area contributed by atoms with Crippen molar-refractivity contribution in [3.63, 3.8) is 0 Å². The molecule has 0 N–H and O–H groups in total. The molecule has 0 radical (unpaired) electrons. The molecule has 4 aromatic rings. The molecule has 2 aromatic heterocycles. The number of fused-ring (bicyclic) bond motifs is 1. The Morgan fingerprint density at radius 2 is 1.79 bits per heavy atom. The van der Waals surface area contributed by atoms with E-state index in [9.17, 15) is 19.7 Å². The van der Waals surface area contributed by atoms with Gasteiger partial charge in [0.2, 0.25) is 5.78 Å². The van der Waals surface area contributed by atoms with Gasteiger partial charge in [-0.3, -0.25) is 19.7 Å². The van der Waals surface area contributed by atoms with Crippen molar-refractivity contribution in [1.82, 2.24) is 14.8 Å². The van der Waals surface area contributed by atoms with Gasteiger partial charge >= 0.3 is 0 Å². The van der Waals surface area contributed by atoms with Gasteiger partial charge < -0.3 is 0 Å². The zero-order valence-corrected chi connectivity index (χ0v) is 16.3. The number of thiazole rings is 1. The van der Waals surface area contributed by atoms with Crippen LogP contribution in [0, 0.1) is 17.0 Å². The van der Waals surface area contributed by atoms with Gasteiger partial charge in [-0.2, -0.15) is 5.10 Å². The van der Waals surface area contributed by atoms with Gasteiger partial charge in [0.15, 0.2) is 10.8 Å². The highest BCUT2D eigenvalue weighted by Crippen LogP contribution is 2.27. The quantitative estimate of drug-likeness (QED) is 0.280. The van der Waals surface area contributed by atoms with Gasteiger partial charge in [0.1, 0.15) is 5.69 Å². The zero-order valence-electron chi connectivity index (χ0n) is 15.4. The van der Waals surface area contributed by atoms with Crippen LogP contribution in [0.2, 0.25) is 0 Å². The molecule has 2 aromatic carbocycles. The zero-order chi connectivity index (χ0) is 20.7. The third kappa shape index (κ3) is 3.21. The van der Waals surface area contributed by atoms with E-state index >= 15 is 0 Å². The normalized spacial score (nSPS) is 11.0. The maximum atomic E-state index is 13.1. The summed E-state index contributed by atoms with van der Waals surface area (Å²) in [5.74, 6) is -0.722. The fraction of sp³-hybridized carbons (Fsp3) is 0.100. The minimum atomic E-state index is -0.497. The fourth-order valence-corrected chi connectivity index (χ4v) is 4.03. The Balaban J connectivity index is 1.82. The summed E-state index contributed by atoms with van der Waals surface area (Å²) in [6.45, 7) is 3.06. The van der Waals surface area contributed by atoms with Crippen molar-refractivity contribution in [3.8, 4) is 5.69 Å². The number of carbonyl (C=O) groups is 2. The number of non-ortho nitro benzene ring substituents is 1. The lowest BCUT2D eigenvalue weighted by molar-refractivity contribution is -0.384. The van der Waals surface area contributed by atoms with Gasteiger partial charge in [-0.05, 0) is 38.1 Å². The van der Waals surface area contributed by atoms with E-state index in [-0.39, 0.29) is 27.7 Å². The molecule has 144 valence electrons. The average molecular weight is 406 g/mol. The molecule has 0 aliphatic rings. The van der Waals surface area contributed by atoms with E-state index in [1.165, 1.54) is 47.2 Å². The van der Waals surface area contributed by atoms with Crippen LogP contribution in [0.5, 0.6) is 0 Å². The van der Waals surface area contributed by atoms with Crippen molar-refractivity contribution in [1.29, 1.82) is 0 Å². The number of rotatable bonds is 5. The molecular weight excluding hydrogens is 392 g/mol. The molecule has 0 atom stereocenters. The van der Waals surface area contributed by atoms with Crippen LogP contribution in [-0.4, -0.2) is 31.3 Å². The molecule has 4 rings (SSSR count). The van der Waals surface area contributed by atoms with Crippen LogP contribution in [0.15, 0.2) is 48.5 Å². The first kappa shape index (κ1) is 18.6. The molecule has 0 saturated heterocycles. The number of hydrogen-bond donors (Lipinski definition) is 0. The Bertz CT molecular complexity index is 1250. The van der Waals surface area contributed by atoms with E-state index in [4.69, 9.17) is 0 Å². The molecule has 0 aliphatic heterocycles. The molecular formula is C20H14N4O4S. The predicted molar refractivity (Wildman–Crippen MR) is 108 cm³/mol. The second-order valence-corrected chi connectivity index (χ2v) is 7.40. The maximum Gasteiger partial charge on any atom is 0.269 e. The molecule has 0 amide bonds. The number of hydrogen-bond acceptors (Lipinski definition) is 7. The van der Waals surface area contributed by atoms with E-state index in [0.29, 0.717) is 16.9 Å². The van der Waals surface area contributed by atoms with Gasteiger partial charge in [0.05, 0.1) is 32.1 Å². The second-order valence-electron chi connectivity index (χ2n) is 6.37. The summed E-state index contributed by atoms with van der Waals surface area (Å²) in [5.41, 5.74) is 1.88. The molecule has 0 unspecified atom stereocenters. The summed E-state index contributed by atoms with van der Waals surface area (Å²) < 4.78 is 2.31. The summed E-state index contributed by atoms with van der Waals surface area (Å²) >= 11 is 1.24. The minimum absolute atomic E-state index is 0.0207. The molecule has 0 bridgehead atoms. The number of ketones is 2. The van der Waals surface area contributed by atoms with Crippen molar-refractivity contribution in [3.05, 3.63) is 80.6 Å². The highest BCUT2D eigenvalue weighted by atomic mass is 32.1. The van der Waals surface area contributed by atoms with Gasteiger partial charge in [-0.1, -0.05) is 12.1 Å². The van der Waals surface area contributed by atoms with Crippen molar-refractivity contribution in [2.75, 3.05) is 0 Å². The van der Waals surface area contributed by atoms with Crippen LogP contribution in [0.4, 0.5) is 5.69 Å². The third-order valence-electron chi connectivity index (χ3n) is 4.48. The van der Waals surface area contributed by atoms with E-state index < -0.39 is 10.7 Å². The number of aromatic nitrogens is 3. The summed E-state index contributed by atoms with van der Waals surface area (Å²) in [4.78, 5) is 40.1. The molecule has 29 heavy (non-hydrogen) atoms. The Labute approximate surface area is 168 Å². The highest BCUT2D eigenvalue weighted by molar-refractivity contribution is 7.20. The van der Waals surface area contributed by atoms with Crippen molar-refractivity contribution >= 4 is 38.8 Å². The number of nitro groups is 1. The first-order valence-corrected chi connectivity index (χ1v) is 9.44. The molecule has 0 spiro atoms. The summed E-state index contributed by atoms with van der Waals surface area (Å²) in [5, 5.41) is 15.5. The summed E-state index contributed by atoms with van der Waals surface area (Å²) in [6, 6.07) is 13.1. The van der Waals surface area contributed by atoms with Crippen molar-refractivity contribution in [2.24, 2.45) is 0 Å². The Morgan fingerprint density at radius 3 is 2.41 bits per heavy atom. The lowest BCUT2D eigenvalue weighted by Gasteiger charge is -2.04. The maximum absolute atomic E-state index is 13.1. The SMILES string of the molecule is CC(=O)c1c(C(=O)c2nc3ccccc3s2)nn(-c2ccc([N+](=O)[O-])cc2)c1C. The van der Waals surface area contributed by atoms with Crippen molar-refractivity contribution in [2.45, 2.75) is 13.8 Å². The summed E-state index contributed by atoms with van der Waals surface area (Å²) in [7, 11) is 0. The molecule has 8 nitrogen and oxygen atoms in total. The van der Waals surface area contributed by atoms with Crippen LogP contribution >= 0.6 is 11.3 Å². The lowest BCUT2D eigenvalue weighted by atomic mass is 10.1. The second kappa shape index (κ2) is 7.02. The largest absolute Gasteiger partial charge is 0.294 e. The van der Waals surface area contributed by atoms with Crippen LogP contribution in [0.3, 0.4) is 0 Å². The minimum Gasteiger partial charge on any atom is -0.294 e. The van der Waals surface area contributed by atoms with Gasteiger partial charge in [-0.25, -0.2) is 9.67 Å². The molecule has 0 aliphatic carbocycles. The first-order chi connectivity index (χ1) is 13.9. The van der Waals surface area contributed by atoms with Gasteiger partial charge in [0, 0.05) is 12.1 Å². The van der Waals surface area contributed by atoms with Crippen LogP contribution in [-0.2, 0) is 0 Å². The van der Waals surface area contributed by atoms with Crippen LogP contribution in [0.1, 0.15) is 38.5 Å².